The van der Waals surface area contributed by atoms with Crippen molar-refractivity contribution in [2.75, 3.05) is 0 Å². The van der Waals surface area contributed by atoms with Gasteiger partial charge in [-0.2, -0.15) is 0 Å². The third-order valence-electron chi connectivity index (χ3n) is 7.18. The van der Waals surface area contributed by atoms with E-state index in [1.807, 2.05) is 60.7 Å². The van der Waals surface area contributed by atoms with Crippen LogP contribution in [0.15, 0.2) is 121 Å². The second-order valence-electron chi connectivity index (χ2n) is 9.29. The van der Waals surface area contributed by atoms with E-state index in [1.54, 1.807) is 0 Å². The van der Waals surface area contributed by atoms with Gasteiger partial charge in [0, 0.05) is 38.2 Å². The van der Waals surface area contributed by atoms with E-state index in [4.69, 9.17) is 15.0 Å². The van der Waals surface area contributed by atoms with Gasteiger partial charge in [-0.05, 0) is 12.1 Å². The minimum atomic E-state index is 0.667. The van der Waals surface area contributed by atoms with Crippen LogP contribution >= 0.6 is 0 Å². The van der Waals surface area contributed by atoms with Gasteiger partial charge in [-0.3, -0.25) is 0 Å². The summed E-state index contributed by atoms with van der Waals surface area (Å²) in [6.07, 6.45) is 0. The Bertz CT molecular complexity index is 2020. The third-order valence-corrected chi connectivity index (χ3v) is 7.18. The molecule has 0 saturated carbocycles. The minimum Gasteiger partial charge on any atom is -0.307 e. The summed E-state index contributed by atoms with van der Waals surface area (Å²) in [6.45, 7) is 0. The third kappa shape index (κ3) is 2.93. The lowest BCUT2D eigenvalue weighted by atomic mass is 10.1. The number of nitrogens with zero attached hydrogens (tertiary/aromatic N) is 4. The predicted molar refractivity (Wildman–Crippen MR) is 151 cm³/mol. The number of fused-ring (bicyclic) bond motifs is 6. The van der Waals surface area contributed by atoms with E-state index in [0.29, 0.717) is 17.5 Å². The number of benzene rings is 5. The topological polar surface area (TPSA) is 43.1 Å². The maximum Gasteiger partial charge on any atom is 0.166 e. The largest absolute Gasteiger partial charge is 0.307 e. The van der Waals surface area contributed by atoms with Gasteiger partial charge >= 0.3 is 0 Å². The Hall–Kier alpha value is -5.09. The highest BCUT2D eigenvalue weighted by Crippen LogP contribution is 2.41. The molecule has 0 saturated heterocycles. The van der Waals surface area contributed by atoms with E-state index in [1.165, 1.54) is 32.6 Å². The van der Waals surface area contributed by atoms with Gasteiger partial charge in [-0.25, -0.2) is 15.0 Å². The summed E-state index contributed by atoms with van der Waals surface area (Å²) in [6, 6.07) is 41.9. The Labute approximate surface area is 212 Å². The van der Waals surface area contributed by atoms with Crippen LogP contribution in [-0.4, -0.2) is 19.4 Å². The van der Waals surface area contributed by atoms with Crippen LogP contribution in [0, 0.1) is 0 Å². The molecule has 4 heteroatoms. The van der Waals surface area contributed by atoms with Gasteiger partial charge in [0.25, 0.3) is 0 Å². The van der Waals surface area contributed by atoms with Crippen molar-refractivity contribution in [3.05, 3.63) is 121 Å². The molecule has 0 N–H and O–H groups in total. The molecular weight excluding hydrogens is 452 g/mol. The van der Waals surface area contributed by atoms with Gasteiger partial charge < -0.3 is 4.40 Å². The maximum absolute atomic E-state index is 5.03. The van der Waals surface area contributed by atoms with Crippen molar-refractivity contribution >= 4 is 38.1 Å². The SMILES string of the molecule is c1ccc(-c2nc(-c3ccccc3)nc(-c3cccc4c5cccc6c7ccccc7n(c34)c65)n2)cc1. The fourth-order valence-electron chi connectivity index (χ4n) is 5.58. The number of hydrogen-bond donors (Lipinski definition) is 0. The van der Waals surface area contributed by atoms with Gasteiger partial charge in [0.2, 0.25) is 0 Å². The average Bonchev–Trinajstić information content (AvgIpc) is 3.50. The summed E-state index contributed by atoms with van der Waals surface area (Å²) in [5.74, 6) is 2.00. The summed E-state index contributed by atoms with van der Waals surface area (Å²) >= 11 is 0. The van der Waals surface area contributed by atoms with Crippen LogP contribution in [0.3, 0.4) is 0 Å². The lowest BCUT2D eigenvalue weighted by Gasteiger charge is -2.10. The lowest BCUT2D eigenvalue weighted by Crippen LogP contribution is -2.00. The zero-order chi connectivity index (χ0) is 24.3. The first-order valence-electron chi connectivity index (χ1n) is 12.4. The molecule has 172 valence electrons. The van der Waals surface area contributed by atoms with E-state index < -0.39 is 0 Å². The fraction of sp³-hybridized carbons (Fsp3) is 0. The van der Waals surface area contributed by atoms with Crippen LogP contribution in [0.4, 0.5) is 0 Å². The highest BCUT2D eigenvalue weighted by atomic mass is 15.0. The molecule has 0 amide bonds. The Kier molecular flexibility index (Phi) is 4.19. The van der Waals surface area contributed by atoms with Gasteiger partial charge in [0.15, 0.2) is 17.5 Å². The molecule has 0 bridgehead atoms. The smallest absolute Gasteiger partial charge is 0.166 e. The first-order chi connectivity index (χ1) is 18.4. The molecule has 0 aliphatic heterocycles. The van der Waals surface area contributed by atoms with E-state index in [-0.39, 0.29) is 0 Å². The lowest BCUT2D eigenvalue weighted by molar-refractivity contribution is 1.07. The number of rotatable bonds is 3. The van der Waals surface area contributed by atoms with Gasteiger partial charge in [0.1, 0.15) is 0 Å². The molecule has 0 spiro atoms. The average molecular weight is 473 g/mol. The Morgan fingerprint density at radius 1 is 0.378 bits per heavy atom. The van der Waals surface area contributed by atoms with Crippen molar-refractivity contribution in [3.63, 3.8) is 0 Å². The molecule has 0 radical (unpaired) electrons. The van der Waals surface area contributed by atoms with Crippen LogP contribution in [0.25, 0.3) is 72.3 Å². The molecule has 3 heterocycles. The second-order valence-corrected chi connectivity index (χ2v) is 9.29. The summed E-state index contributed by atoms with van der Waals surface area (Å²) < 4.78 is 2.39. The number of aromatic nitrogens is 4. The fourth-order valence-corrected chi connectivity index (χ4v) is 5.58. The molecule has 4 nitrogen and oxygen atoms in total. The molecule has 3 aromatic heterocycles. The van der Waals surface area contributed by atoms with Gasteiger partial charge in [-0.15, -0.1) is 0 Å². The summed E-state index contributed by atoms with van der Waals surface area (Å²) in [7, 11) is 0. The maximum atomic E-state index is 5.03. The van der Waals surface area contributed by atoms with Crippen LogP contribution in [0.5, 0.6) is 0 Å². The highest BCUT2D eigenvalue weighted by Gasteiger charge is 2.21. The molecule has 8 aromatic rings. The van der Waals surface area contributed by atoms with Gasteiger partial charge in [-0.1, -0.05) is 109 Å². The highest BCUT2D eigenvalue weighted by molar-refractivity contribution is 6.24. The predicted octanol–water partition coefficient (Wildman–Crippen LogP) is 8.02. The standard InChI is InChI=1S/C33H20N4/c1-3-11-21(12-4-1)31-34-32(22-13-5-2-6-14-22)36-33(35-31)27-19-10-18-26-25-17-9-16-24-23-15-7-8-20-28(23)37(29(24)25)30(26)27/h1-20H. The quantitative estimate of drug-likeness (QED) is 0.261. The van der Waals surface area contributed by atoms with Crippen molar-refractivity contribution in [1.82, 2.24) is 19.4 Å². The Balaban J connectivity index is 1.50. The van der Waals surface area contributed by atoms with Crippen molar-refractivity contribution in [2.24, 2.45) is 0 Å². The van der Waals surface area contributed by atoms with Crippen molar-refractivity contribution in [3.8, 4) is 34.2 Å². The normalized spacial score (nSPS) is 11.8. The van der Waals surface area contributed by atoms with Crippen molar-refractivity contribution in [2.45, 2.75) is 0 Å². The van der Waals surface area contributed by atoms with Crippen LogP contribution in [0.2, 0.25) is 0 Å². The monoisotopic (exact) mass is 472 g/mol. The van der Waals surface area contributed by atoms with Crippen molar-refractivity contribution in [1.29, 1.82) is 0 Å². The number of para-hydroxylation sites is 3. The molecule has 37 heavy (non-hydrogen) atoms. The second kappa shape index (κ2) is 7.70. The van der Waals surface area contributed by atoms with E-state index in [0.717, 1.165) is 22.2 Å². The molecule has 5 aromatic carbocycles. The minimum absolute atomic E-state index is 0.667. The first-order valence-corrected chi connectivity index (χ1v) is 12.4. The van der Waals surface area contributed by atoms with Crippen molar-refractivity contribution < 1.29 is 0 Å². The molecule has 0 aliphatic carbocycles. The van der Waals surface area contributed by atoms with Gasteiger partial charge in [0.05, 0.1) is 16.6 Å². The zero-order valence-electron chi connectivity index (χ0n) is 19.8. The zero-order valence-corrected chi connectivity index (χ0v) is 19.8. The summed E-state index contributed by atoms with van der Waals surface area (Å²) in [5, 5.41) is 4.96. The molecule has 0 fully saturated rings. The Morgan fingerprint density at radius 3 is 1.54 bits per heavy atom. The molecule has 8 rings (SSSR count). The molecular formula is C33H20N4. The van der Waals surface area contributed by atoms with Crippen LogP contribution in [-0.2, 0) is 0 Å². The summed E-state index contributed by atoms with van der Waals surface area (Å²) in [5.41, 5.74) is 6.48. The molecule has 0 unspecified atom stereocenters. The van der Waals surface area contributed by atoms with E-state index in [9.17, 15) is 0 Å². The van der Waals surface area contributed by atoms with Crippen LogP contribution < -0.4 is 0 Å². The summed E-state index contributed by atoms with van der Waals surface area (Å²) in [4.78, 5) is 14.9. The molecule has 0 atom stereocenters. The molecule has 0 aliphatic rings. The van der Waals surface area contributed by atoms with Crippen LogP contribution in [0.1, 0.15) is 0 Å². The first kappa shape index (κ1) is 20.1. The number of hydrogen-bond acceptors (Lipinski definition) is 3. The van der Waals surface area contributed by atoms with E-state index >= 15 is 0 Å². The van der Waals surface area contributed by atoms with E-state index in [2.05, 4.69) is 65.1 Å². The Morgan fingerprint density at radius 2 is 0.865 bits per heavy atom.